The molecule has 0 fully saturated rings. The van der Waals surface area contributed by atoms with Gasteiger partial charge in [0.1, 0.15) is 0 Å². The number of rotatable bonds is 6. The lowest BCUT2D eigenvalue weighted by atomic mass is 10.1. The smallest absolute Gasteiger partial charge is 0.221 e. The summed E-state index contributed by atoms with van der Waals surface area (Å²) in [5, 5.41) is 10.4. The van der Waals surface area contributed by atoms with Gasteiger partial charge in [0, 0.05) is 5.39 Å². The van der Waals surface area contributed by atoms with Crippen LogP contribution in [-0.2, 0) is 0 Å². The van der Waals surface area contributed by atoms with Crippen LogP contribution in [0.4, 0.5) is 0 Å². The quantitative estimate of drug-likeness (QED) is 0.531. The molecule has 134 valence electrons. The first kappa shape index (κ1) is 17.4. The fourth-order valence-electron chi connectivity index (χ4n) is 2.62. The van der Waals surface area contributed by atoms with Gasteiger partial charge in [0.2, 0.25) is 11.5 Å². The van der Waals surface area contributed by atoms with Crippen molar-refractivity contribution in [2.75, 3.05) is 21.3 Å². The van der Waals surface area contributed by atoms with E-state index in [-0.39, 0.29) is 22.9 Å². The fraction of sp³-hybridized carbons (Fsp3) is 0.150. The molecule has 6 nitrogen and oxygen atoms in total. The third kappa shape index (κ3) is 3.21. The van der Waals surface area contributed by atoms with Crippen molar-refractivity contribution in [1.82, 2.24) is 0 Å². The lowest BCUT2D eigenvalue weighted by Crippen LogP contribution is -1.96. The Morgan fingerprint density at radius 2 is 1.73 bits per heavy atom. The van der Waals surface area contributed by atoms with E-state index in [1.165, 1.54) is 33.5 Å². The molecule has 6 heteroatoms. The van der Waals surface area contributed by atoms with Gasteiger partial charge in [-0.15, -0.1) is 0 Å². The molecule has 0 aliphatic rings. The van der Waals surface area contributed by atoms with Gasteiger partial charge < -0.3 is 23.7 Å². The number of allylic oxidation sites excluding steroid dienone is 1. The van der Waals surface area contributed by atoms with Gasteiger partial charge in [-0.2, -0.15) is 0 Å². The van der Waals surface area contributed by atoms with Crippen molar-refractivity contribution in [1.29, 1.82) is 0 Å². The standard InChI is InChI=1S/C20H18O6/c1-23-17-9-12(10-18(24-2)20(17)25-3)7-8-14(21)16-11-13-5-4-6-15(22)19(13)26-16/h4-11,22H,1-3H3/b8-7+. The molecule has 3 rings (SSSR count). The van der Waals surface area contributed by atoms with Crippen LogP contribution in [0.15, 0.2) is 46.9 Å². The van der Waals surface area contributed by atoms with E-state index >= 15 is 0 Å². The number of hydrogen-bond acceptors (Lipinski definition) is 6. The second kappa shape index (κ2) is 7.23. The number of benzene rings is 2. The number of ketones is 1. The zero-order chi connectivity index (χ0) is 18.7. The van der Waals surface area contributed by atoms with E-state index < -0.39 is 0 Å². The van der Waals surface area contributed by atoms with Crippen molar-refractivity contribution in [2.24, 2.45) is 0 Å². The van der Waals surface area contributed by atoms with Crippen molar-refractivity contribution in [2.45, 2.75) is 0 Å². The minimum atomic E-state index is -0.325. The Morgan fingerprint density at radius 1 is 1.04 bits per heavy atom. The average molecular weight is 354 g/mol. The van der Waals surface area contributed by atoms with Crippen molar-refractivity contribution in [3.63, 3.8) is 0 Å². The van der Waals surface area contributed by atoms with Crippen LogP contribution in [0.5, 0.6) is 23.0 Å². The summed E-state index contributed by atoms with van der Waals surface area (Å²) in [6.45, 7) is 0. The third-order valence-corrected chi connectivity index (χ3v) is 3.88. The van der Waals surface area contributed by atoms with E-state index in [2.05, 4.69) is 0 Å². The molecule has 0 amide bonds. The van der Waals surface area contributed by atoms with Gasteiger partial charge in [-0.05, 0) is 35.9 Å². The van der Waals surface area contributed by atoms with Crippen molar-refractivity contribution >= 4 is 22.8 Å². The molecule has 0 aliphatic carbocycles. The number of carbonyl (C=O) groups is 1. The lowest BCUT2D eigenvalue weighted by Gasteiger charge is -2.12. The van der Waals surface area contributed by atoms with Crippen molar-refractivity contribution < 1.29 is 28.5 Å². The number of phenolic OH excluding ortho intramolecular Hbond substituents is 1. The summed E-state index contributed by atoms with van der Waals surface area (Å²) < 4.78 is 21.3. The Bertz CT molecular complexity index is 958. The molecule has 0 unspecified atom stereocenters. The highest BCUT2D eigenvalue weighted by atomic mass is 16.5. The maximum absolute atomic E-state index is 12.4. The summed E-state index contributed by atoms with van der Waals surface area (Å²) in [4.78, 5) is 12.4. The van der Waals surface area contributed by atoms with Gasteiger partial charge in [-0.3, -0.25) is 4.79 Å². The average Bonchev–Trinajstić information content (AvgIpc) is 3.11. The summed E-state index contributed by atoms with van der Waals surface area (Å²) >= 11 is 0. The van der Waals surface area contributed by atoms with E-state index in [1.54, 1.807) is 36.4 Å². The molecule has 0 atom stereocenters. The predicted octanol–water partition coefficient (Wildman–Crippen LogP) is 4.06. The fourth-order valence-corrected chi connectivity index (χ4v) is 2.62. The Balaban J connectivity index is 1.91. The van der Waals surface area contributed by atoms with E-state index in [0.717, 1.165) is 0 Å². The van der Waals surface area contributed by atoms with Crippen LogP contribution in [0.25, 0.3) is 17.0 Å². The van der Waals surface area contributed by atoms with Gasteiger partial charge in [-0.25, -0.2) is 0 Å². The molecule has 26 heavy (non-hydrogen) atoms. The summed E-state index contributed by atoms with van der Waals surface area (Å²) in [6.07, 6.45) is 3.01. The Kier molecular flexibility index (Phi) is 4.84. The number of phenols is 1. The Hall–Kier alpha value is -3.41. The van der Waals surface area contributed by atoms with Crippen molar-refractivity contribution in [3.8, 4) is 23.0 Å². The monoisotopic (exact) mass is 354 g/mol. The van der Waals surface area contributed by atoms with Crippen LogP contribution >= 0.6 is 0 Å². The van der Waals surface area contributed by atoms with Gasteiger partial charge in [0.15, 0.2) is 28.6 Å². The normalized spacial score (nSPS) is 11.0. The Labute approximate surface area is 150 Å². The zero-order valence-corrected chi connectivity index (χ0v) is 14.6. The van der Waals surface area contributed by atoms with E-state index in [0.29, 0.717) is 28.2 Å². The molecule has 0 saturated heterocycles. The SMILES string of the molecule is COc1cc(/C=C/C(=O)c2cc3cccc(O)c3o2)cc(OC)c1OC. The number of aromatic hydroxyl groups is 1. The number of fused-ring (bicyclic) bond motifs is 1. The van der Waals surface area contributed by atoms with Crippen LogP contribution in [0, 0.1) is 0 Å². The number of ether oxygens (including phenoxy) is 3. The van der Waals surface area contributed by atoms with E-state index in [9.17, 15) is 9.90 Å². The molecule has 0 radical (unpaired) electrons. The van der Waals surface area contributed by atoms with Crippen molar-refractivity contribution in [3.05, 3.63) is 53.8 Å². The molecule has 2 aromatic carbocycles. The summed E-state index contributed by atoms with van der Waals surface area (Å²) in [7, 11) is 4.57. The molecule has 0 spiro atoms. The second-order valence-corrected chi connectivity index (χ2v) is 5.46. The van der Waals surface area contributed by atoms with Gasteiger partial charge in [-0.1, -0.05) is 18.2 Å². The van der Waals surface area contributed by atoms with Gasteiger partial charge in [0.25, 0.3) is 0 Å². The highest BCUT2D eigenvalue weighted by Gasteiger charge is 2.14. The molecule has 0 aliphatic heterocycles. The topological polar surface area (TPSA) is 78.1 Å². The van der Waals surface area contributed by atoms with Gasteiger partial charge >= 0.3 is 0 Å². The number of hydrogen-bond donors (Lipinski definition) is 1. The summed E-state index contributed by atoms with van der Waals surface area (Å²) in [6, 6.07) is 10.0. The van der Waals surface area contributed by atoms with Crippen LogP contribution < -0.4 is 14.2 Å². The van der Waals surface area contributed by atoms with Crippen LogP contribution in [0.2, 0.25) is 0 Å². The highest BCUT2D eigenvalue weighted by molar-refractivity contribution is 6.07. The second-order valence-electron chi connectivity index (χ2n) is 5.46. The number of methoxy groups -OCH3 is 3. The lowest BCUT2D eigenvalue weighted by molar-refractivity contribution is 0.102. The number of carbonyl (C=O) groups excluding carboxylic acids is 1. The Morgan fingerprint density at radius 3 is 2.31 bits per heavy atom. The molecule has 0 bridgehead atoms. The zero-order valence-electron chi connectivity index (χ0n) is 14.6. The molecule has 1 N–H and O–H groups in total. The molecule has 0 saturated carbocycles. The minimum Gasteiger partial charge on any atom is -0.504 e. The first-order valence-electron chi connectivity index (χ1n) is 7.81. The number of para-hydroxylation sites is 1. The van der Waals surface area contributed by atoms with Crippen LogP contribution in [-0.4, -0.2) is 32.2 Å². The molecular formula is C20H18O6. The molecule has 3 aromatic rings. The predicted molar refractivity (Wildman–Crippen MR) is 97.3 cm³/mol. The molecule has 1 heterocycles. The first-order chi connectivity index (χ1) is 12.6. The minimum absolute atomic E-state index is 0.00448. The number of furan rings is 1. The summed E-state index contributed by atoms with van der Waals surface area (Å²) in [5.41, 5.74) is 0.990. The molecular weight excluding hydrogens is 336 g/mol. The van der Waals surface area contributed by atoms with E-state index in [1.807, 2.05) is 0 Å². The first-order valence-corrected chi connectivity index (χ1v) is 7.81. The van der Waals surface area contributed by atoms with Gasteiger partial charge in [0.05, 0.1) is 21.3 Å². The summed E-state index contributed by atoms with van der Waals surface area (Å²) in [5.74, 6) is 1.28. The highest BCUT2D eigenvalue weighted by Crippen LogP contribution is 2.38. The maximum atomic E-state index is 12.4. The third-order valence-electron chi connectivity index (χ3n) is 3.88. The maximum Gasteiger partial charge on any atom is 0.221 e. The molecule has 1 aromatic heterocycles. The van der Waals surface area contributed by atoms with Crippen LogP contribution in [0.1, 0.15) is 16.1 Å². The largest absolute Gasteiger partial charge is 0.504 e. The van der Waals surface area contributed by atoms with Crippen LogP contribution in [0.3, 0.4) is 0 Å². The van der Waals surface area contributed by atoms with E-state index in [4.69, 9.17) is 18.6 Å².